The summed E-state index contributed by atoms with van der Waals surface area (Å²) in [6.07, 6.45) is 1.41. The summed E-state index contributed by atoms with van der Waals surface area (Å²) in [5.41, 5.74) is 2.99. The zero-order chi connectivity index (χ0) is 20.8. The van der Waals surface area contributed by atoms with Crippen LogP contribution in [-0.4, -0.2) is 24.3 Å². The largest absolute Gasteiger partial charge is 0.504 e. The number of aromatic hydroxyl groups is 1. The lowest BCUT2D eigenvalue weighted by Gasteiger charge is -2.06. The van der Waals surface area contributed by atoms with E-state index >= 15 is 0 Å². The predicted molar refractivity (Wildman–Crippen MR) is 109 cm³/mol. The van der Waals surface area contributed by atoms with Crippen LogP contribution in [0.5, 0.6) is 17.2 Å². The van der Waals surface area contributed by atoms with Crippen molar-refractivity contribution in [1.29, 1.82) is 0 Å². The molecular weight excluding hydrogens is 419 g/mol. The lowest BCUT2D eigenvalue weighted by atomic mass is 10.2. The highest BCUT2D eigenvalue weighted by molar-refractivity contribution is 6.35. The van der Waals surface area contributed by atoms with Crippen molar-refractivity contribution < 1.29 is 23.8 Å². The van der Waals surface area contributed by atoms with Crippen LogP contribution in [0.25, 0.3) is 0 Å². The number of furan rings is 1. The van der Waals surface area contributed by atoms with Crippen molar-refractivity contribution in [2.45, 2.75) is 6.61 Å². The normalized spacial score (nSPS) is 10.9. The number of phenolic OH excluding ortho intramolecular Hbond substituents is 1. The molecule has 3 rings (SSSR count). The minimum absolute atomic E-state index is 0.0129. The molecule has 150 valence electrons. The Bertz CT molecular complexity index is 1050. The van der Waals surface area contributed by atoms with Crippen LogP contribution in [-0.2, 0) is 6.61 Å². The number of halogens is 2. The van der Waals surface area contributed by atoms with Gasteiger partial charge in [-0.15, -0.1) is 0 Å². The molecule has 1 aromatic heterocycles. The molecule has 0 aliphatic carbocycles. The van der Waals surface area contributed by atoms with E-state index in [2.05, 4.69) is 10.5 Å². The highest BCUT2D eigenvalue weighted by atomic mass is 35.5. The molecule has 2 aromatic carbocycles. The summed E-state index contributed by atoms with van der Waals surface area (Å²) in [5.74, 6) is 0.755. The Morgan fingerprint density at radius 1 is 1.17 bits per heavy atom. The molecule has 0 atom stereocenters. The summed E-state index contributed by atoms with van der Waals surface area (Å²) in [4.78, 5) is 12.1. The van der Waals surface area contributed by atoms with E-state index in [1.165, 1.54) is 25.5 Å². The van der Waals surface area contributed by atoms with Crippen molar-refractivity contribution in [2.75, 3.05) is 7.11 Å². The highest BCUT2D eigenvalue weighted by Gasteiger charge is 2.11. The Hall–Kier alpha value is -3.16. The van der Waals surface area contributed by atoms with Crippen LogP contribution in [0.1, 0.15) is 21.9 Å². The quantitative estimate of drug-likeness (QED) is 0.417. The molecule has 0 unspecified atom stereocenters. The van der Waals surface area contributed by atoms with Crippen LogP contribution in [0.4, 0.5) is 0 Å². The van der Waals surface area contributed by atoms with Crippen LogP contribution in [0.15, 0.2) is 58.0 Å². The number of hydrogen-bond donors (Lipinski definition) is 2. The maximum absolute atomic E-state index is 12.1. The van der Waals surface area contributed by atoms with Gasteiger partial charge in [-0.2, -0.15) is 5.10 Å². The summed E-state index contributed by atoms with van der Waals surface area (Å²) in [5, 5.41) is 14.3. The fraction of sp³-hybridized carbons (Fsp3) is 0.100. The second-order valence-electron chi connectivity index (χ2n) is 5.76. The molecule has 0 saturated carbocycles. The Kier molecular flexibility index (Phi) is 6.64. The number of ether oxygens (including phenoxy) is 2. The number of nitrogens with zero attached hydrogens (tertiary/aromatic N) is 1. The zero-order valence-electron chi connectivity index (χ0n) is 15.2. The first-order valence-corrected chi connectivity index (χ1v) is 9.09. The van der Waals surface area contributed by atoms with E-state index in [1.807, 2.05) is 0 Å². The zero-order valence-corrected chi connectivity index (χ0v) is 16.7. The number of carbonyl (C=O) groups excluding carboxylic acids is 1. The first kappa shape index (κ1) is 20.6. The summed E-state index contributed by atoms with van der Waals surface area (Å²) in [7, 11) is 1.44. The standard InChI is InChI=1S/C20H16Cl2N2O5/c1-27-19-8-12(2-5-16(19)25)10-23-24-20(26)18-7-4-14(29-18)11-28-17-6-3-13(21)9-15(17)22/h2-10,25H,11H2,1H3,(H,24,26)/b23-10+. The first-order chi connectivity index (χ1) is 14.0. The van der Waals surface area contributed by atoms with Gasteiger partial charge in [0.15, 0.2) is 17.3 Å². The molecule has 0 bridgehead atoms. The summed E-state index contributed by atoms with van der Waals surface area (Å²) >= 11 is 11.9. The Morgan fingerprint density at radius 2 is 2.00 bits per heavy atom. The van der Waals surface area contributed by atoms with Crippen LogP contribution >= 0.6 is 23.2 Å². The van der Waals surface area contributed by atoms with Gasteiger partial charge in [-0.1, -0.05) is 23.2 Å². The Balaban J connectivity index is 1.56. The number of methoxy groups -OCH3 is 1. The van der Waals surface area contributed by atoms with Gasteiger partial charge in [0.2, 0.25) is 0 Å². The van der Waals surface area contributed by atoms with Crippen LogP contribution in [0.3, 0.4) is 0 Å². The molecule has 3 aromatic rings. The summed E-state index contributed by atoms with van der Waals surface area (Å²) < 4.78 is 16.0. The van der Waals surface area contributed by atoms with E-state index in [4.69, 9.17) is 37.1 Å². The third-order valence-electron chi connectivity index (χ3n) is 3.73. The molecule has 29 heavy (non-hydrogen) atoms. The molecule has 0 spiro atoms. The van der Waals surface area contributed by atoms with Gasteiger partial charge < -0.3 is 19.0 Å². The number of benzene rings is 2. The van der Waals surface area contributed by atoms with Gasteiger partial charge in [0, 0.05) is 5.02 Å². The molecule has 0 radical (unpaired) electrons. The fourth-order valence-corrected chi connectivity index (χ4v) is 2.78. The van der Waals surface area contributed by atoms with Crippen molar-refractivity contribution >= 4 is 35.3 Å². The van der Waals surface area contributed by atoms with Crippen molar-refractivity contribution in [3.63, 3.8) is 0 Å². The van der Waals surface area contributed by atoms with Gasteiger partial charge in [0.05, 0.1) is 18.3 Å². The minimum atomic E-state index is -0.525. The molecule has 0 saturated heterocycles. The average molecular weight is 435 g/mol. The van der Waals surface area contributed by atoms with Crippen molar-refractivity contribution in [3.05, 3.63) is 75.7 Å². The molecule has 1 amide bonds. The monoisotopic (exact) mass is 434 g/mol. The van der Waals surface area contributed by atoms with Crippen molar-refractivity contribution in [1.82, 2.24) is 5.43 Å². The SMILES string of the molecule is COc1cc(/C=N/NC(=O)c2ccc(COc3ccc(Cl)cc3Cl)o2)ccc1O. The van der Waals surface area contributed by atoms with Gasteiger partial charge in [0.25, 0.3) is 0 Å². The van der Waals surface area contributed by atoms with Crippen LogP contribution in [0, 0.1) is 0 Å². The number of hydrogen-bond acceptors (Lipinski definition) is 6. The predicted octanol–water partition coefficient (Wildman–Crippen LogP) is 4.64. The maximum atomic E-state index is 12.1. The second kappa shape index (κ2) is 9.36. The third-order valence-corrected chi connectivity index (χ3v) is 4.26. The third kappa shape index (κ3) is 5.43. The Morgan fingerprint density at radius 3 is 2.76 bits per heavy atom. The lowest BCUT2D eigenvalue weighted by Crippen LogP contribution is -2.16. The lowest BCUT2D eigenvalue weighted by molar-refractivity contribution is 0.0923. The molecular formula is C20H16Cl2N2O5. The van der Waals surface area contributed by atoms with Gasteiger partial charge in [0.1, 0.15) is 18.1 Å². The molecule has 0 aliphatic heterocycles. The van der Waals surface area contributed by atoms with E-state index in [9.17, 15) is 9.90 Å². The number of nitrogens with one attached hydrogen (secondary N) is 1. The van der Waals surface area contributed by atoms with E-state index in [0.29, 0.717) is 32.9 Å². The van der Waals surface area contributed by atoms with Gasteiger partial charge >= 0.3 is 5.91 Å². The van der Waals surface area contributed by atoms with E-state index in [-0.39, 0.29) is 18.1 Å². The van der Waals surface area contributed by atoms with E-state index in [1.54, 1.807) is 36.4 Å². The van der Waals surface area contributed by atoms with E-state index in [0.717, 1.165) is 0 Å². The summed E-state index contributed by atoms with van der Waals surface area (Å²) in [6.45, 7) is 0.0885. The first-order valence-electron chi connectivity index (χ1n) is 8.33. The number of amides is 1. The minimum Gasteiger partial charge on any atom is -0.504 e. The van der Waals surface area contributed by atoms with Crippen LogP contribution in [0.2, 0.25) is 10.0 Å². The van der Waals surface area contributed by atoms with Gasteiger partial charge in [-0.3, -0.25) is 4.79 Å². The molecule has 7 nitrogen and oxygen atoms in total. The van der Waals surface area contributed by atoms with Crippen molar-refractivity contribution in [2.24, 2.45) is 5.10 Å². The number of rotatable bonds is 7. The second-order valence-corrected chi connectivity index (χ2v) is 6.60. The summed E-state index contributed by atoms with van der Waals surface area (Å²) in [6, 6.07) is 12.7. The highest BCUT2D eigenvalue weighted by Crippen LogP contribution is 2.28. The molecule has 2 N–H and O–H groups in total. The maximum Gasteiger partial charge on any atom is 0.307 e. The molecule has 0 aliphatic rings. The topological polar surface area (TPSA) is 93.3 Å². The fourth-order valence-electron chi connectivity index (χ4n) is 2.31. The number of hydrazone groups is 1. The Labute approximate surface area is 176 Å². The van der Waals surface area contributed by atoms with Gasteiger partial charge in [-0.25, -0.2) is 5.43 Å². The van der Waals surface area contributed by atoms with Gasteiger partial charge in [-0.05, 0) is 54.1 Å². The molecule has 1 heterocycles. The molecule has 9 heteroatoms. The van der Waals surface area contributed by atoms with Crippen LogP contribution < -0.4 is 14.9 Å². The smallest absolute Gasteiger partial charge is 0.307 e. The average Bonchev–Trinajstić information content (AvgIpc) is 3.17. The number of carbonyl (C=O) groups is 1. The molecule has 0 fully saturated rings. The number of phenols is 1. The van der Waals surface area contributed by atoms with Crippen molar-refractivity contribution in [3.8, 4) is 17.2 Å². The van der Waals surface area contributed by atoms with E-state index < -0.39 is 5.91 Å².